The number of nitrogens with zero attached hydrogens (tertiary/aromatic N) is 2. The first-order valence-electron chi connectivity index (χ1n) is 14.1. The van der Waals surface area contributed by atoms with Crippen molar-refractivity contribution in [2.75, 3.05) is 18.6 Å². The van der Waals surface area contributed by atoms with E-state index >= 15 is 0 Å². The number of carbonyl (C=O) groups is 3. The van der Waals surface area contributed by atoms with Crippen molar-refractivity contribution in [1.82, 2.24) is 10.2 Å². The van der Waals surface area contributed by atoms with Gasteiger partial charge in [-0.2, -0.15) is 0 Å². The standard InChI is InChI=1S/C32H37N3O4/c1-3-27(31(37)33-24-13-4-5-14-24)35(21-22-10-6-15-25(20-22)39-2)29(36)18-9-19-34-28-17-8-12-23-11-7-16-26(30(23)28)32(34)38/h6-8,10-12,15-17,20,24,27H,3-5,9,13-14,18-19,21H2,1-2H3,(H,33,37)/t27-/m0/s1. The fourth-order valence-corrected chi connectivity index (χ4v) is 5.99. The molecule has 2 aliphatic rings. The van der Waals surface area contributed by atoms with Gasteiger partial charge in [-0.05, 0) is 60.9 Å². The van der Waals surface area contributed by atoms with Crippen LogP contribution in [0.3, 0.4) is 0 Å². The number of carbonyl (C=O) groups excluding carboxylic acids is 3. The van der Waals surface area contributed by atoms with E-state index in [4.69, 9.17) is 4.74 Å². The zero-order valence-corrected chi connectivity index (χ0v) is 22.8. The normalized spacial score (nSPS) is 15.5. The summed E-state index contributed by atoms with van der Waals surface area (Å²) in [5.41, 5.74) is 2.52. The molecule has 0 aromatic heterocycles. The first kappa shape index (κ1) is 26.7. The minimum absolute atomic E-state index is 0.0233. The van der Waals surface area contributed by atoms with Gasteiger partial charge in [0.15, 0.2) is 0 Å². The number of methoxy groups -OCH3 is 1. The molecular formula is C32H37N3O4. The van der Waals surface area contributed by atoms with E-state index in [1.807, 2.05) is 67.6 Å². The molecule has 0 unspecified atom stereocenters. The van der Waals surface area contributed by atoms with Crippen molar-refractivity contribution in [2.45, 2.75) is 70.5 Å². The molecule has 0 bridgehead atoms. The molecular weight excluding hydrogens is 490 g/mol. The van der Waals surface area contributed by atoms with Crippen molar-refractivity contribution in [3.63, 3.8) is 0 Å². The van der Waals surface area contributed by atoms with Crippen LogP contribution in [0.1, 0.15) is 67.8 Å². The molecule has 0 spiro atoms. The minimum Gasteiger partial charge on any atom is -0.497 e. The van der Waals surface area contributed by atoms with Crippen LogP contribution in [0, 0.1) is 0 Å². The van der Waals surface area contributed by atoms with Gasteiger partial charge < -0.3 is 19.9 Å². The van der Waals surface area contributed by atoms with Gasteiger partial charge in [0, 0.05) is 36.5 Å². The summed E-state index contributed by atoms with van der Waals surface area (Å²) in [4.78, 5) is 43.7. The SMILES string of the molecule is CC[C@@H](C(=O)NC1CCCC1)N(Cc1cccc(OC)c1)C(=O)CCCN1C(=O)c2cccc3cccc1c23. The summed E-state index contributed by atoms with van der Waals surface area (Å²) < 4.78 is 5.38. The van der Waals surface area contributed by atoms with E-state index in [9.17, 15) is 14.4 Å². The highest BCUT2D eigenvalue weighted by Gasteiger charge is 2.32. The number of amides is 3. The van der Waals surface area contributed by atoms with E-state index in [2.05, 4.69) is 5.32 Å². The van der Waals surface area contributed by atoms with Crippen molar-refractivity contribution >= 4 is 34.2 Å². The van der Waals surface area contributed by atoms with Crippen LogP contribution in [0.25, 0.3) is 10.8 Å². The zero-order valence-electron chi connectivity index (χ0n) is 22.8. The van der Waals surface area contributed by atoms with Crippen LogP contribution in [0.4, 0.5) is 5.69 Å². The third kappa shape index (κ3) is 5.63. The smallest absolute Gasteiger partial charge is 0.258 e. The lowest BCUT2D eigenvalue weighted by molar-refractivity contribution is -0.141. The van der Waals surface area contributed by atoms with Gasteiger partial charge in [-0.1, -0.05) is 56.2 Å². The molecule has 39 heavy (non-hydrogen) atoms. The lowest BCUT2D eigenvalue weighted by atomic mass is 10.1. The van der Waals surface area contributed by atoms with Gasteiger partial charge in [-0.3, -0.25) is 14.4 Å². The van der Waals surface area contributed by atoms with Crippen molar-refractivity contribution in [1.29, 1.82) is 0 Å². The van der Waals surface area contributed by atoms with Crippen LogP contribution < -0.4 is 15.0 Å². The molecule has 1 saturated carbocycles. The summed E-state index contributed by atoms with van der Waals surface area (Å²) in [6, 6.07) is 19.0. The largest absolute Gasteiger partial charge is 0.497 e. The van der Waals surface area contributed by atoms with E-state index in [1.54, 1.807) is 16.9 Å². The molecule has 3 aromatic carbocycles. The first-order chi connectivity index (χ1) is 19.0. The summed E-state index contributed by atoms with van der Waals surface area (Å²) in [5.74, 6) is 0.514. The Kier molecular flexibility index (Phi) is 8.15. The molecule has 1 atom stereocenters. The second-order valence-corrected chi connectivity index (χ2v) is 10.5. The van der Waals surface area contributed by atoms with Gasteiger partial charge in [0.1, 0.15) is 11.8 Å². The molecule has 0 saturated heterocycles. The molecule has 7 nitrogen and oxygen atoms in total. The Morgan fingerprint density at radius 2 is 1.82 bits per heavy atom. The van der Waals surface area contributed by atoms with Gasteiger partial charge in [0.25, 0.3) is 5.91 Å². The highest BCUT2D eigenvalue weighted by atomic mass is 16.5. The molecule has 204 valence electrons. The molecule has 1 heterocycles. The number of nitrogens with one attached hydrogen (secondary N) is 1. The quantitative estimate of drug-likeness (QED) is 0.359. The molecule has 3 aromatic rings. The van der Waals surface area contributed by atoms with Crippen LogP contribution in [0.5, 0.6) is 5.75 Å². The average Bonchev–Trinajstić information content (AvgIpc) is 3.56. The fourth-order valence-electron chi connectivity index (χ4n) is 5.99. The average molecular weight is 528 g/mol. The molecule has 1 fully saturated rings. The van der Waals surface area contributed by atoms with E-state index in [-0.39, 0.29) is 30.2 Å². The zero-order chi connectivity index (χ0) is 27.4. The molecule has 7 heteroatoms. The highest BCUT2D eigenvalue weighted by molar-refractivity contribution is 6.25. The fraction of sp³-hybridized carbons (Fsp3) is 0.406. The number of rotatable bonds is 11. The monoisotopic (exact) mass is 527 g/mol. The van der Waals surface area contributed by atoms with Gasteiger partial charge >= 0.3 is 0 Å². The molecule has 0 radical (unpaired) electrons. The lowest BCUT2D eigenvalue weighted by Crippen LogP contribution is -2.51. The van der Waals surface area contributed by atoms with Gasteiger partial charge in [0.05, 0.1) is 12.8 Å². The van der Waals surface area contributed by atoms with Crippen molar-refractivity contribution in [3.8, 4) is 5.75 Å². The van der Waals surface area contributed by atoms with E-state index in [1.165, 1.54) is 0 Å². The van der Waals surface area contributed by atoms with Crippen LogP contribution in [-0.2, 0) is 16.1 Å². The van der Waals surface area contributed by atoms with Crippen molar-refractivity contribution < 1.29 is 19.1 Å². The van der Waals surface area contributed by atoms with E-state index < -0.39 is 6.04 Å². The van der Waals surface area contributed by atoms with Crippen LogP contribution in [0.15, 0.2) is 60.7 Å². The molecule has 3 amide bonds. The molecule has 5 rings (SSSR count). The number of ether oxygens (including phenoxy) is 1. The van der Waals surface area contributed by atoms with E-state index in [0.29, 0.717) is 37.2 Å². The third-order valence-corrected chi connectivity index (χ3v) is 8.00. The topological polar surface area (TPSA) is 79.0 Å². The maximum Gasteiger partial charge on any atom is 0.258 e. The van der Waals surface area contributed by atoms with Crippen LogP contribution >= 0.6 is 0 Å². The summed E-state index contributed by atoms with van der Waals surface area (Å²) >= 11 is 0. The number of hydrogen-bond acceptors (Lipinski definition) is 4. The second kappa shape index (κ2) is 11.9. The Balaban J connectivity index is 1.30. The third-order valence-electron chi connectivity index (χ3n) is 8.00. The van der Waals surface area contributed by atoms with Crippen molar-refractivity contribution in [2.24, 2.45) is 0 Å². The Bertz CT molecular complexity index is 1360. The van der Waals surface area contributed by atoms with Gasteiger partial charge in [-0.25, -0.2) is 0 Å². The van der Waals surface area contributed by atoms with Crippen molar-refractivity contribution in [3.05, 3.63) is 71.8 Å². The molecule has 1 N–H and O–H groups in total. The van der Waals surface area contributed by atoms with E-state index in [0.717, 1.165) is 47.7 Å². The second-order valence-electron chi connectivity index (χ2n) is 10.5. The summed E-state index contributed by atoms with van der Waals surface area (Å²) in [6.45, 7) is 2.71. The first-order valence-corrected chi connectivity index (χ1v) is 14.1. The number of anilines is 1. The van der Waals surface area contributed by atoms with Crippen LogP contribution in [-0.4, -0.2) is 48.4 Å². The lowest BCUT2D eigenvalue weighted by Gasteiger charge is -2.32. The summed E-state index contributed by atoms with van der Waals surface area (Å²) in [7, 11) is 1.62. The molecule has 1 aliphatic carbocycles. The van der Waals surface area contributed by atoms with Crippen LogP contribution in [0.2, 0.25) is 0 Å². The Morgan fingerprint density at radius 3 is 2.56 bits per heavy atom. The summed E-state index contributed by atoms with van der Waals surface area (Å²) in [6.07, 6.45) is 5.51. The van der Waals surface area contributed by atoms with Gasteiger partial charge in [0.2, 0.25) is 11.8 Å². The predicted molar refractivity (Wildman–Crippen MR) is 153 cm³/mol. The highest BCUT2D eigenvalue weighted by Crippen LogP contribution is 2.37. The molecule has 1 aliphatic heterocycles. The number of benzene rings is 3. The maximum absolute atomic E-state index is 13.7. The maximum atomic E-state index is 13.7. The Morgan fingerprint density at radius 1 is 1.08 bits per heavy atom. The predicted octanol–water partition coefficient (Wildman–Crippen LogP) is 5.46. The minimum atomic E-state index is -0.560. The summed E-state index contributed by atoms with van der Waals surface area (Å²) in [5, 5.41) is 5.21. The Hall–Kier alpha value is -3.87. The number of hydrogen-bond donors (Lipinski definition) is 1. The Labute approximate surface area is 230 Å². The van der Waals surface area contributed by atoms with Gasteiger partial charge in [-0.15, -0.1) is 0 Å².